The van der Waals surface area contributed by atoms with Crippen molar-refractivity contribution in [3.05, 3.63) is 18.2 Å². The van der Waals surface area contributed by atoms with Gasteiger partial charge in [0.05, 0.1) is 6.61 Å². The minimum Gasteiger partial charge on any atom is -0.450 e. The number of aromatic nitrogens is 1. The van der Waals surface area contributed by atoms with Gasteiger partial charge in [0.2, 0.25) is 0 Å². The number of piperazine rings is 1. The van der Waals surface area contributed by atoms with Gasteiger partial charge in [0.1, 0.15) is 11.6 Å². The molecule has 1 saturated heterocycles. The summed E-state index contributed by atoms with van der Waals surface area (Å²) in [7, 11) is 0. The summed E-state index contributed by atoms with van der Waals surface area (Å²) in [4.78, 5) is 19.8. The lowest BCUT2D eigenvalue weighted by Gasteiger charge is -2.34. The highest BCUT2D eigenvalue weighted by Crippen LogP contribution is 2.16. The van der Waals surface area contributed by atoms with Crippen LogP contribution < -0.4 is 16.2 Å². The molecular weight excluding hydrogens is 246 g/mol. The van der Waals surface area contributed by atoms with Crippen molar-refractivity contribution in [2.75, 3.05) is 43.1 Å². The number of hydrogen-bond acceptors (Lipinski definition) is 6. The van der Waals surface area contributed by atoms with Crippen molar-refractivity contribution in [2.45, 2.75) is 6.92 Å². The molecule has 0 saturated carbocycles. The molecule has 3 N–H and O–H groups in total. The van der Waals surface area contributed by atoms with Gasteiger partial charge in [-0.05, 0) is 19.1 Å². The molecule has 0 aliphatic carbocycles. The van der Waals surface area contributed by atoms with Crippen LogP contribution in [0, 0.1) is 0 Å². The Bertz CT molecular complexity index is 432. The van der Waals surface area contributed by atoms with Crippen LogP contribution in [-0.4, -0.2) is 48.8 Å². The third-order valence-electron chi connectivity index (χ3n) is 3.01. The molecule has 104 valence electrons. The largest absolute Gasteiger partial charge is 0.450 e. The topological polar surface area (TPSA) is 83.7 Å². The first-order chi connectivity index (χ1) is 9.24. The van der Waals surface area contributed by atoms with Crippen molar-refractivity contribution in [1.82, 2.24) is 9.88 Å². The molecule has 1 aromatic rings. The Morgan fingerprint density at radius 3 is 2.79 bits per heavy atom. The predicted molar refractivity (Wildman–Crippen MR) is 72.9 cm³/mol. The molecular formula is C12H19N5O2. The van der Waals surface area contributed by atoms with E-state index in [9.17, 15) is 4.79 Å². The van der Waals surface area contributed by atoms with E-state index in [1.54, 1.807) is 11.0 Å². The number of pyridine rings is 1. The molecule has 0 aromatic carbocycles. The van der Waals surface area contributed by atoms with E-state index in [1.165, 1.54) is 0 Å². The normalized spacial score (nSPS) is 15.3. The summed E-state index contributed by atoms with van der Waals surface area (Å²) in [6.07, 6.45) is -0.243. The van der Waals surface area contributed by atoms with E-state index < -0.39 is 0 Å². The molecule has 1 aliphatic rings. The molecule has 0 bridgehead atoms. The van der Waals surface area contributed by atoms with Gasteiger partial charge in [-0.15, -0.1) is 0 Å². The lowest BCUT2D eigenvalue weighted by Crippen LogP contribution is -2.49. The fourth-order valence-electron chi connectivity index (χ4n) is 2.01. The Kier molecular flexibility index (Phi) is 4.40. The molecule has 0 unspecified atom stereocenters. The van der Waals surface area contributed by atoms with E-state index in [4.69, 9.17) is 10.6 Å². The number of carbonyl (C=O) groups is 1. The van der Waals surface area contributed by atoms with Crippen molar-refractivity contribution < 1.29 is 9.53 Å². The number of nitrogens with one attached hydrogen (secondary N) is 1. The molecule has 19 heavy (non-hydrogen) atoms. The second kappa shape index (κ2) is 6.24. The number of rotatable bonds is 3. The summed E-state index contributed by atoms with van der Waals surface area (Å²) in [6, 6.07) is 5.63. The van der Waals surface area contributed by atoms with E-state index in [0.717, 1.165) is 18.9 Å². The van der Waals surface area contributed by atoms with Crippen molar-refractivity contribution in [2.24, 2.45) is 5.84 Å². The van der Waals surface area contributed by atoms with E-state index in [1.807, 2.05) is 19.1 Å². The predicted octanol–water partition coefficient (Wildman–Crippen LogP) is 0.646. The van der Waals surface area contributed by atoms with E-state index in [2.05, 4.69) is 15.3 Å². The Morgan fingerprint density at radius 2 is 2.16 bits per heavy atom. The molecule has 0 radical (unpaired) electrons. The fourth-order valence-corrected chi connectivity index (χ4v) is 2.01. The summed E-state index contributed by atoms with van der Waals surface area (Å²) in [5.74, 6) is 6.83. The number of nitrogens with two attached hydrogens (primary N) is 1. The number of nitrogens with zero attached hydrogens (tertiary/aromatic N) is 3. The monoisotopic (exact) mass is 265 g/mol. The number of anilines is 2. The zero-order valence-electron chi connectivity index (χ0n) is 11.0. The Balaban J connectivity index is 1.94. The zero-order chi connectivity index (χ0) is 13.7. The minimum atomic E-state index is -0.243. The van der Waals surface area contributed by atoms with Crippen LogP contribution in [0.5, 0.6) is 0 Å². The average Bonchev–Trinajstić information content (AvgIpc) is 2.48. The highest BCUT2D eigenvalue weighted by molar-refractivity contribution is 5.68. The van der Waals surface area contributed by atoms with Gasteiger partial charge in [-0.2, -0.15) is 0 Å². The first-order valence-electron chi connectivity index (χ1n) is 6.35. The van der Waals surface area contributed by atoms with Crippen LogP contribution in [0.4, 0.5) is 16.4 Å². The Hall–Kier alpha value is -2.02. The van der Waals surface area contributed by atoms with Gasteiger partial charge >= 0.3 is 6.09 Å². The number of hydrogen-bond donors (Lipinski definition) is 2. The van der Waals surface area contributed by atoms with Crippen LogP contribution in [0.25, 0.3) is 0 Å². The zero-order valence-corrected chi connectivity index (χ0v) is 11.0. The molecule has 7 heteroatoms. The van der Waals surface area contributed by atoms with Gasteiger partial charge in [0.25, 0.3) is 0 Å². The van der Waals surface area contributed by atoms with Crippen LogP contribution in [0.1, 0.15) is 6.92 Å². The number of carbonyl (C=O) groups excluding carboxylic acids is 1. The minimum absolute atomic E-state index is 0.243. The number of ether oxygens (including phenoxy) is 1. The van der Waals surface area contributed by atoms with Gasteiger partial charge in [-0.3, -0.25) is 0 Å². The molecule has 1 amide bonds. The van der Waals surface area contributed by atoms with Crippen LogP contribution >= 0.6 is 0 Å². The van der Waals surface area contributed by atoms with Gasteiger partial charge in [0, 0.05) is 26.2 Å². The number of amides is 1. The maximum atomic E-state index is 11.6. The molecule has 1 aliphatic heterocycles. The second-order valence-corrected chi connectivity index (χ2v) is 4.20. The fraction of sp³-hybridized carbons (Fsp3) is 0.500. The molecule has 2 heterocycles. The molecule has 0 spiro atoms. The molecule has 1 aromatic heterocycles. The third kappa shape index (κ3) is 3.25. The van der Waals surface area contributed by atoms with Crippen molar-refractivity contribution in [3.8, 4) is 0 Å². The molecule has 0 atom stereocenters. The first kappa shape index (κ1) is 13.4. The van der Waals surface area contributed by atoms with Crippen molar-refractivity contribution in [1.29, 1.82) is 0 Å². The first-order valence-corrected chi connectivity index (χ1v) is 6.35. The summed E-state index contributed by atoms with van der Waals surface area (Å²) < 4.78 is 4.99. The van der Waals surface area contributed by atoms with Crippen LogP contribution in [0.2, 0.25) is 0 Å². The SMILES string of the molecule is CCOC(=O)N1CCN(c2cccc(NN)n2)CC1. The van der Waals surface area contributed by atoms with Crippen LogP contribution in [0.15, 0.2) is 18.2 Å². The third-order valence-corrected chi connectivity index (χ3v) is 3.01. The van der Waals surface area contributed by atoms with Gasteiger partial charge in [0.15, 0.2) is 0 Å². The molecule has 1 fully saturated rings. The van der Waals surface area contributed by atoms with Crippen molar-refractivity contribution >= 4 is 17.7 Å². The highest BCUT2D eigenvalue weighted by Gasteiger charge is 2.22. The summed E-state index contributed by atoms with van der Waals surface area (Å²) in [6.45, 7) is 4.97. The van der Waals surface area contributed by atoms with Gasteiger partial charge in [-0.1, -0.05) is 6.07 Å². The Morgan fingerprint density at radius 1 is 1.42 bits per heavy atom. The maximum absolute atomic E-state index is 11.6. The Labute approximate surface area is 112 Å². The summed E-state index contributed by atoms with van der Waals surface area (Å²) in [5.41, 5.74) is 2.53. The lowest BCUT2D eigenvalue weighted by atomic mass is 10.3. The maximum Gasteiger partial charge on any atom is 0.409 e. The standard InChI is InChI=1S/C12H19N5O2/c1-2-19-12(18)17-8-6-16(7-9-17)11-5-3-4-10(14-11)15-13/h3-5H,2,6-9,13H2,1H3,(H,14,15). The molecule has 2 rings (SSSR count). The van der Waals surface area contributed by atoms with E-state index in [-0.39, 0.29) is 6.09 Å². The molecule has 7 nitrogen and oxygen atoms in total. The summed E-state index contributed by atoms with van der Waals surface area (Å²) >= 11 is 0. The number of nitrogen functional groups attached to an aromatic ring is 1. The second-order valence-electron chi connectivity index (χ2n) is 4.20. The van der Waals surface area contributed by atoms with Gasteiger partial charge in [-0.25, -0.2) is 15.6 Å². The lowest BCUT2D eigenvalue weighted by molar-refractivity contribution is 0.105. The quantitative estimate of drug-likeness (QED) is 0.616. The van der Waals surface area contributed by atoms with Crippen LogP contribution in [-0.2, 0) is 4.74 Å². The van der Waals surface area contributed by atoms with Crippen LogP contribution in [0.3, 0.4) is 0 Å². The number of hydrazine groups is 1. The summed E-state index contributed by atoms with van der Waals surface area (Å²) in [5, 5.41) is 0. The average molecular weight is 265 g/mol. The highest BCUT2D eigenvalue weighted by atomic mass is 16.6. The van der Waals surface area contributed by atoms with E-state index >= 15 is 0 Å². The van der Waals surface area contributed by atoms with Gasteiger partial charge < -0.3 is 20.0 Å². The van der Waals surface area contributed by atoms with E-state index in [0.29, 0.717) is 25.5 Å². The smallest absolute Gasteiger partial charge is 0.409 e. The van der Waals surface area contributed by atoms with Crippen molar-refractivity contribution in [3.63, 3.8) is 0 Å².